The van der Waals surface area contributed by atoms with Crippen molar-refractivity contribution < 1.29 is 5.11 Å². The third-order valence-corrected chi connectivity index (χ3v) is 5.01. The van der Waals surface area contributed by atoms with Crippen LogP contribution in [0.15, 0.2) is 0 Å². The molecule has 0 radical (unpaired) electrons. The highest BCUT2D eigenvalue weighted by Gasteiger charge is 2.25. The molecule has 1 heterocycles. The Morgan fingerprint density at radius 1 is 1.19 bits per heavy atom. The van der Waals surface area contributed by atoms with E-state index in [1.165, 1.54) is 49.8 Å². The van der Waals surface area contributed by atoms with Crippen LogP contribution in [0.3, 0.4) is 0 Å². The van der Waals surface area contributed by atoms with Crippen molar-refractivity contribution in [3.05, 3.63) is 17.0 Å². The SMILES string of the molecule is Cc1nn(CCO)c(C)c1CNCC1(C)CCCCCC1. The summed E-state index contributed by atoms with van der Waals surface area (Å²) >= 11 is 0. The summed E-state index contributed by atoms with van der Waals surface area (Å²) in [6, 6.07) is 0. The number of nitrogens with one attached hydrogen (secondary N) is 1. The van der Waals surface area contributed by atoms with E-state index in [0.717, 1.165) is 18.8 Å². The third-order valence-electron chi connectivity index (χ3n) is 5.01. The van der Waals surface area contributed by atoms with Crippen LogP contribution in [-0.4, -0.2) is 28.0 Å². The van der Waals surface area contributed by atoms with Gasteiger partial charge in [0.05, 0.1) is 18.8 Å². The Balaban J connectivity index is 1.91. The number of hydrogen-bond acceptors (Lipinski definition) is 3. The van der Waals surface area contributed by atoms with Crippen LogP contribution < -0.4 is 5.32 Å². The minimum absolute atomic E-state index is 0.146. The van der Waals surface area contributed by atoms with Gasteiger partial charge in [0.15, 0.2) is 0 Å². The maximum atomic E-state index is 9.07. The average molecular weight is 293 g/mol. The first kappa shape index (κ1) is 16.5. The molecule has 0 atom stereocenters. The average Bonchev–Trinajstić information content (AvgIpc) is 2.63. The van der Waals surface area contributed by atoms with E-state index < -0.39 is 0 Å². The van der Waals surface area contributed by atoms with E-state index >= 15 is 0 Å². The summed E-state index contributed by atoms with van der Waals surface area (Å²) in [6.45, 7) is 9.30. The number of hydrogen-bond donors (Lipinski definition) is 2. The summed E-state index contributed by atoms with van der Waals surface area (Å²) in [7, 11) is 0. The Labute approximate surface area is 128 Å². The van der Waals surface area contributed by atoms with Crippen LogP contribution in [0.5, 0.6) is 0 Å². The van der Waals surface area contributed by atoms with E-state index in [-0.39, 0.29) is 6.61 Å². The van der Waals surface area contributed by atoms with Crippen LogP contribution in [0.25, 0.3) is 0 Å². The predicted molar refractivity (Wildman–Crippen MR) is 86.3 cm³/mol. The molecule has 4 heteroatoms. The Hall–Kier alpha value is -0.870. The molecular weight excluding hydrogens is 262 g/mol. The molecule has 1 aromatic heterocycles. The van der Waals surface area contributed by atoms with Crippen molar-refractivity contribution in [2.24, 2.45) is 5.41 Å². The van der Waals surface area contributed by atoms with E-state index in [4.69, 9.17) is 5.11 Å². The topological polar surface area (TPSA) is 50.1 Å². The van der Waals surface area contributed by atoms with Gasteiger partial charge in [-0.05, 0) is 32.1 Å². The molecule has 1 saturated carbocycles. The highest BCUT2D eigenvalue weighted by Crippen LogP contribution is 2.33. The Bertz CT molecular complexity index is 445. The molecule has 1 aromatic rings. The number of aromatic nitrogens is 2. The zero-order valence-corrected chi connectivity index (χ0v) is 13.9. The summed E-state index contributed by atoms with van der Waals surface area (Å²) in [5, 5.41) is 17.2. The molecule has 0 aliphatic heterocycles. The maximum absolute atomic E-state index is 9.07. The summed E-state index contributed by atoms with van der Waals surface area (Å²) in [4.78, 5) is 0. The second kappa shape index (κ2) is 7.41. The largest absolute Gasteiger partial charge is 0.394 e. The molecule has 0 bridgehead atoms. The van der Waals surface area contributed by atoms with Crippen molar-refractivity contribution >= 4 is 0 Å². The smallest absolute Gasteiger partial charge is 0.0644 e. The van der Waals surface area contributed by atoms with Gasteiger partial charge in [0.2, 0.25) is 0 Å². The van der Waals surface area contributed by atoms with Gasteiger partial charge in [0.25, 0.3) is 0 Å². The van der Waals surface area contributed by atoms with Gasteiger partial charge in [-0.2, -0.15) is 5.10 Å². The van der Waals surface area contributed by atoms with Gasteiger partial charge in [0.1, 0.15) is 0 Å². The van der Waals surface area contributed by atoms with Crippen LogP contribution in [0, 0.1) is 19.3 Å². The lowest BCUT2D eigenvalue weighted by molar-refractivity contribution is 0.262. The fraction of sp³-hybridized carbons (Fsp3) is 0.824. The van der Waals surface area contributed by atoms with Crippen molar-refractivity contribution in [1.82, 2.24) is 15.1 Å². The number of aliphatic hydroxyl groups is 1. The van der Waals surface area contributed by atoms with E-state index in [2.05, 4.69) is 31.2 Å². The minimum Gasteiger partial charge on any atom is -0.394 e. The molecule has 1 fully saturated rings. The molecule has 120 valence electrons. The second-order valence-electron chi connectivity index (χ2n) is 6.92. The van der Waals surface area contributed by atoms with E-state index in [1.54, 1.807) is 0 Å². The number of rotatable bonds is 6. The summed E-state index contributed by atoms with van der Waals surface area (Å²) in [6.07, 6.45) is 8.27. The molecule has 0 aromatic carbocycles. The first-order valence-corrected chi connectivity index (χ1v) is 8.40. The molecule has 0 amide bonds. The van der Waals surface area contributed by atoms with Crippen molar-refractivity contribution in [3.8, 4) is 0 Å². The normalized spacial score (nSPS) is 18.7. The first-order chi connectivity index (χ1) is 10.1. The molecule has 0 unspecified atom stereocenters. The standard InChI is InChI=1S/C17H31N3O/c1-14-16(15(2)20(19-14)10-11-21)12-18-13-17(3)8-6-4-5-7-9-17/h18,21H,4-13H2,1-3H3. The molecule has 2 N–H and O–H groups in total. The van der Waals surface area contributed by atoms with Gasteiger partial charge in [-0.1, -0.05) is 32.6 Å². The zero-order valence-electron chi connectivity index (χ0n) is 13.9. The molecule has 4 nitrogen and oxygen atoms in total. The van der Waals surface area contributed by atoms with Gasteiger partial charge >= 0.3 is 0 Å². The summed E-state index contributed by atoms with van der Waals surface area (Å²) < 4.78 is 1.92. The van der Waals surface area contributed by atoms with E-state index in [1.807, 2.05) is 4.68 Å². The lowest BCUT2D eigenvalue weighted by Gasteiger charge is -2.28. The highest BCUT2D eigenvalue weighted by atomic mass is 16.3. The van der Waals surface area contributed by atoms with Crippen molar-refractivity contribution in [1.29, 1.82) is 0 Å². The molecule has 1 aliphatic rings. The number of aliphatic hydroxyl groups excluding tert-OH is 1. The van der Waals surface area contributed by atoms with Crippen molar-refractivity contribution in [3.63, 3.8) is 0 Å². The van der Waals surface area contributed by atoms with Crippen LogP contribution in [0.4, 0.5) is 0 Å². The number of nitrogens with zero attached hydrogens (tertiary/aromatic N) is 2. The Morgan fingerprint density at radius 2 is 1.86 bits per heavy atom. The van der Waals surface area contributed by atoms with Crippen LogP contribution in [-0.2, 0) is 13.1 Å². The lowest BCUT2D eigenvalue weighted by atomic mass is 9.82. The monoisotopic (exact) mass is 293 g/mol. The van der Waals surface area contributed by atoms with Gasteiger partial charge in [0, 0.05) is 24.3 Å². The molecule has 2 rings (SSSR count). The highest BCUT2D eigenvalue weighted by molar-refractivity contribution is 5.24. The molecule has 1 aliphatic carbocycles. The van der Waals surface area contributed by atoms with Crippen LogP contribution in [0.1, 0.15) is 62.4 Å². The Kier molecular flexibility index (Phi) is 5.82. The lowest BCUT2D eigenvalue weighted by Crippen LogP contribution is -2.31. The zero-order chi connectivity index (χ0) is 15.3. The summed E-state index contributed by atoms with van der Waals surface area (Å²) in [5.74, 6) is 0. The molecule has 0 spiro atoms. The Morgan fingerprint density at radius 3 is 2.48 bits per heavy atom. The third kappa shape index (κ3) is 4.30. The van der Waals surface area contributed by atoms with Gasteiger partial charge in [-0.15, -0.1) is 0 Å². The molecule has 0 saturated heterocycles. The van der Waals surface area contributed by atoms with Crippen molar-refractivity contribution in [2.45, 2.75) is 72.4 Å². The van der Waals surface area contributed by atoms with E-state index in [9.17, 15) is 0 Å². The maximum Gasteiger partial charge on any atom is 0.0644 e. The number of aryl methyl sites for hydroxylation is 1. The predicted octanol–water partition coefficient (Wildman–Crippen LogP) is 2.94. The quantitative estimate of drug-likeness (QED) is 0.793. The fourth-order valence-corrected chi connectivity index (χ4v) is 3.55. The fourth-order valence-electron chi connectivity index (χ4n) is 3.55. The van der Waals surface area contributed by atoms with Gasteiger partial charge < -0.3 is 10.4 Å². The second-order valence-corrected chi connectivity index (χ2v) is 6.92. The van der Waals surface area contributed by atoms with Gasteiger partial charge in [-0.25, -0.2) is 0 Å². The molecule has 21 heavy (non-hydrogen) atoms. The van der Waals surface area contributed by atoms with E-state index in [0.29, 0.717) is 12.0 Å². The minimum atomic E-state index is 0.146. The summed E-state index contributed by atoms with van der Waals surface area (Å²) in [5.41, 5.74) is 4.01. The van der Waals surface area contributed by atoms with Crippen LogP contribution >= 0.6 is 0 Å². The van der Waals surface area contributed by atoms with Gasteiger partial charge in [-0.3, -0.25) is 4.68 Å². The van der Waals surface area contributed by atoms with Crippen LogP contribution in [0.2, 0.25) is 0 Å². The molecular formula is C17H31N3O. The van der Waals surface area contributed by atoms with Crippen molar-refractivity contribution in [2.75, 3.05) is 13.2 Å². The first-order valence-electron chi connectivity index (χ1n) is 8.40.